The second-order valence-electron chi connectivity index (χ2n) is 4.23. The molecule has 0 bridgehead atoms. The van der Waals surface area contributed by atoms with E-state index in [0.717, 1.165) is 48.0 Å². The fourth-order valence-corrected chi connectivity index (χ4v) is 4.45. The summed E-state index contributed by atoms with van der Waals surface area (Å²) in [7, 11) is 0. The molecule has 0 unspecified atom stereocenters. The van der Waals surface area contributed by atoms with E-state index in [1.165, 1.54) is 12.8 Å². The molecule has 18 heavy (non-hydrogen) atoms. The SMILES string of the molecule is Brc1c(Br)c(Br)c2[nH]c(N3CCCC3)nc2c1Br. The van der Waals surface area contributed by atoms with Gasteiger partial charge in [0, 0.05) is 22.0 Å². The quantitative estimate of drug-likeness (QED) is 0.429. The van der Waals surface area contributed by atoms with E-state index in [4.69, 9.17) is 4.98 Å². The molecule has 3 nitrogen and oxygen atoms in total. The zero-order valence-corrected chi connectivity index (χ0v) is 15.6. The minimum Gasteiger partial charge on any atom is -0.342 e. The van der Waals surface area contributed by atoms with Crippen molar-refractivity contribution in [1.29, 1.82) is 0 Å². The largest absolute Gasteiger partial charge is 0.342 e. The highest BCUT2D eigenvalue weighted by atomic mass is 79.9. The van der Waals surface area contributed by atoms with Crippen molar-refractivity contribution >= 4 is 80.7 Å². The summed E-state index contributed by atoms with van der Waals surface area (Å²) in [5, 5.41) is 0. The second kappa shape index (κ2) is 5.07. The van der Waals surface area contributed by atoms with Crippen LogP contribution >= 0.6 is 63.7 Å². The Balaban J connectivity index is 2.22. The lowest BCUT2D eigenvalue weighted by Gasteiger charge is -2.12. The van der Waals surface area contributed by atoms with Gasteiger partial charge in [0.05, 0.1) is 14.5 Å². The summed E-state index contributed by atoms with van der Waals surface area (Å²) >= 11 is 14.3. The van der Waals surface area contributed by atoms with Gasteiger partial charge in [-0.2, -0.15) is 0 Å². The Labute approximate surface area is 138 Å². The van der Waals surface area contributed by atoms with Crippen LogP contribution < -0.4 is 4.90 Å². The Hall–Kier alpha value is 0.410. The van der Waals surface area contributed by atoms with Crippen LogP contribution in [0.15, 0.2) is 17.9 Å². The van der Waals surface area contributed by atoms with Crippen LogP contribution in [0.1, 0.15) is 12.8 Å². The molecule has 3 rings (SSSR count). The lowest BCUT2D eigenvalue weighted by atomic mass is 10.3. The van der Waals surface area contributed by atoms with Crippen LogP contribution in [0.5, 0.6) is 0 Å². The van der Waals surface area contributed by atoms with Crippen LogP contribution in [0.25, 0.3) is 11.0 Å². The third kappa shape index (κ3) is 2.07. The molecule has 0 amide bonds. The van der Waals surface area contributed by atoms with Crippen molar-refractivity contribution < 1.29 is 0 Å². The minimum atomic E-state index is 0.943. The Morgan fingerprint density at radius 1 is 0.889 bits per heavy atom. The summed E-state index contributed by atoms with van der Waals surface area (Å²) in [4.78, 5) is 10.4. The Morgan fingerprint density at radius 3 is 2.17 bits per heavy atom. The second-order valence-corrected chi connectivity index (χ2v) is 7.41. The third-order valence-electron chi connectivity index (χ3n) is 3.10. The standard InChI is InChI=1S/C11H9Br4N3/c12-5-6(13)8(15)10-9(7(5)14)16-11(17-10)18-3-1-2-4-18/h1-4H2,(H,16,17). The van der Waals surface area contributed by atoms with Gasteiger partial charge in [-0.25, -0.2) is 4.98 Å². The van der Waals surface area contributed by atoms with E-state index in [0.29, 0.717) is 0 Å². The Bertz CT molecular complexity index is 572. The van der Waals surface area contributed by atoms with E-state index in [-0.39, 0.29) is 0 Å². The molecule has 1 aromatic heterocycles. The highest BCUT2D eigenvalue weighted by Crippen LogP contribution is 2.43. The molecule has 2 aromatic rings. The number of hydrogen-bond acceptors (Lipinski definition) is 2. The number of aromatic amines is 1. The highest BCUT2D eigenvalue weighted by Gasteiger charge is 2.21. The van der Waals surface area contributed by atoms with Gasteiger partial charge in [-0.3, -0.25) is 0 Å². The molecule has 1 aromatic carbocycles. The normalized spacial score (nSPS) is 15.9. The predicted octanol–water partition coefficient (Wildman–Crippen LogP) is 5.21. The first-order chi connectivity index (χ1) is 8.59. The van der Waals surface area contributed by atoms with Crippen molar-refractivity contribution in [1.82, 2.24) is 9.97 Å². The molecule has 0 aliphatic carbocycles. The van der Waals surface area contributed by atoms with Crippen molar-refractivity contribution in [2.24, 2.45) is 0 Å². The molecule has 0 spiro atoms. The van der Waals surface area contributed by atoms with Crippen LogP contribution in [0, 0.1) is 0 Å². The number of rotatable bonds is 1. The van der Waals surface area contributed by atoms with Gasteiger partial charge in [0.15, 0.2) is 0 Å². The maximum Gasteiger partial charge on any atom is 0.203 e. The van der Waals surface area contributed by atoms with Crippen molar-refractivity contribution in [3.8, 4) is 0 Å². The van der Waals surface area contributed by atoms with E-state index in [2.05, 4.69) is 73.6 Å². The van der Waals surface area contributed by atoms with Crippen LogP contribution in [-0.4, -0.2) is 23.1 Å². The molecule has 0 atom stereocenters. The van der Waals surface area contributed by atoms with E-state index in [1.54, 1.807) is 0 Å². The van der Waals surface area contributed by atoms with E-state index in [9.17, 15) is 0 Å². The molecule has 1 saturated heterocycles. The van der Waals surface area contributed by atoms with Gasteiger partial charge in [0.2, 0.25) is 5.95 Å². The van der Waals surface area contributed by atoms with Gasteiger partial charge in [-0.1, -0.05) is 0 Å². The van der Waals surface area contributed by atoms with Crippen LogP contribution in [0.3, 0.4) is 0 Å². The first kappa shape index (κ1) is 13.4. The number of fused-ring (bicyclic) bond motifs is 1. The van der Waals surface area contributed by atoms with Gasteiger partial charge in [0.1, 0.15) is 5.52 Å². The first-order valence-corrected chi connectivity index (χ1v) is 8.73. The van der Waals surface area contributed by atoms with Gasteiger partial charge in [-0.15, -0.1) is 0 Å². The summed E-state index contributed by atoms with van der Waals surface area (Å²) in [6.07, 6.45) is 2.49. The fraction of sp³-hybridized carbons (Fsp3) is 0.364. The van der Waals surface area contributed by atoms with Crippen LogP contribution in [0.2, 0.25) is 0 Å². The molecule has 7 heteroatoms. The number of hydrogen-bond donors (Lipinski definition) is 1. The molecule has 1 aliphatic heterocycles. The molecule has 1 N–H and O–H groups in total. The minimum absolute atomic E-state index is 0.943. The molecule has 0 radical (unpaired) electrons. The van der Waals surface area contributed by atoms with Crippen molar-refractivity contribution in [3.63, 3.8) is 0 Å². The number of benzene rings is 1. The highest BCUT2D eigenvalue weighted by molar-refractivity contribution is 9.15. The molecular weight excluding hydrogens is 494 g/mol. The van der Waals surface area contributed by atoms with Gasteiger partial charge < -0.3 is 9.88 Å². The summed E-state index contributed by atoms with van der Waals surface area (Å²) in [6.45, 7) is 2.16. The third-order valence-corrected chi connectivity index (χ3v) is 7.85. The molecule has 96 valence electrons. The van der Waals surface area contributed by atoms with Crippen LogP contribution in [-0.2, 0) is 0 Å². The number of nitrogens with one attached hydrogen (secondary N) is 1. The van der Waals surface area contributed by atoms with Gasteiger partial charge in [0.25, 0.3) is 0 Å². The predicted molar refractivity (Wildman–Crippen MR) is 88.3 cm³/mol. The maximum atomic E-state index is 4.70. The topological polar surface area (TPSA) is 31.9 Å². The number of anilines is 1. The smallest absolute Gasteiger partial charge is 0.203 e. The number of aromatic nitrogens is 2. The molecule has 2 heterocycles. The summed E-state index contributed by atoms with van der Waals surface area (Å²) < 4.78 is 3.92. The van der Waals surface area contributed by atoms with Crippen molar-refractivity contribution in [3.05, 3.63) is 17.9 Å². The van der Waals surface area contributed by atoms with Crippen LogP contribution in [0.4, 0.5) is 5.95 Å². The number of nitrogens with zero attached hydrogens (tertiary/aromatic N) is 2. The summed E-state index contributed by atoms with van der Waals surface area (Å²) in [5.74, 6) is 0.953. The lowest BCUT2D eigenvalue weighted by Crippen LogP contribution is -2.18. The number of H-pyrrole nitrogens is 1. The molecule has 0 saturated carbocycles. The van der Waals surface area contributed by atoms with Gasteiger partial charge >= 0.3 is 0 Å². The lowest BCUT2D eigenvalue weighted by molar-refractivity contribution is 0.922. The first-order valence-electron chi connectivity index (χ1n) is 5.56. The molecular formula is C11H9Br4N3. The Morgan fingerprint density at radius 2 is 1.50 bits per heavy atom. The fourth-order valence-electron chi connectivity index (χ4n) is 2.16. The van der Waals surface area contributed by atoms with E-state index < -0.39 is 0 Å². The monoisotopic (exact) mass is 499 g/mol. The molecule has 1 fully saturated rings. The molecule has 1 aliphatic rings. The number of halogens is 4. The zero-order chi connectivity index (χ0) is 12.9. The van der Waals surface area contributed by atoms with E-state index in [1.807, 2.05) is 0 Å². The average Bonchev–Trinajstić information content (AvgIpc) is 3.01. The van der Waals surface area contributed by atoms with E-state index >= 15 is 0 Å². The zero-order valence-electron chi connectivity index (χ0n) is 9.23. The summed E-state index contributed by atoms with van der Waals surface area (Å²) in [6, 6.07) is 0. The Kier molecular flexibility index (Phi) is 3.77. The number of imidazole rings is 1. The summed E-state index contributed by atoms with van der Waals surface area (Å²) in [5.41, 5.74) is 1.96. The van der Waals surface area contributed by atoms with Gasteiger partial charge in [-0.05, 0) is 76.6 Å². The maximum absolute atomic E-state index is 4.70. The average molecular weight is 503 g/mol. The van der Waals surface area contributed by atoms with Crippen molar-refractivity contribution in [2.75, 3.05) is 18.0 Å². The van der Waals surface area contributed by atoms with Crippen molar-refractivity contribution in [2.45, 2.75) is 12.8 Å².